The highest BCUT2D eigenvalue weighted by Gasteiger charge is 2.56. The van der Waals surface area contributed by atoms with Gasteiger partial charge in [-0.2, -0.15) is 0 Å². The third kappa shape index (κ3) is 9.02. The van der Waals surface area contributed by atoms with E-state index in [4.69, 9.17) is 42.6 Å². The molecular weight excluding hydrogens is 715 g/mol. The Labute approximate surface area is 272 Å². The normalized spacial score (nSPS) is 33.3. The van der Waals surface area contributed by atoms with Crippen molar-refractivity contribution in [3.8, 4) is 0 Å². The highest BCUT2D eigenvalue weighted by Crippen LogP contribution is 2.53. The molecule has 2 aliphatic heterocycles. The lowest BCUT2D eigenvalue weighted by molar-refractivity contribution is -0.313. The van der Waals surface area contributed by atoms with Gasteiger partial charge in [-0.25, -0.2) is 28.6 Å². The summed E-state index contributed by atoms with van der Waals surface area (Å²) in [5.74, 6) is -0.00977. The number of phosphoric acid groups is 3. The van der Waals surface area contributed by atoms with E-state index in [0.29, 0.717) is 0 Å². The maximum atomic E-state index is 12.9. The molecule has 2 aliphatic rings. The van der Waals surface area contributed by atoms with E-state index in [9.17, 15) is 43.7 Å². The summed E-state index contributed by atoms with van der Waals surface area (Å²) >= 11 is 0. The van der Waals surface area contributed by atoms with Crippen molar-refractivity contribution in [3.05, 3.63) is 12.7 Å². The van der Waals surface area contributed by atoms with Crippen molar-refractivity contribution in [1.29, 1.82) is 0 Å². The fraction of sp³-hybridized carbons (Fsp3) is 0.773. The molecule has 2 aromatic heterocycles. The van der Waals surface area contributed by atoms with Crippen LogP contribution in [0.5, 0.6) is 0 Å². The first kappa shape index (κ1) is 39.2. The number of aromatic nitrogens is 4. The number of nitrogens with zero attached hydrogens (tertiary/aromatic N) is 4. The van der Waals surface area contributed by atoms with Crippen LogP contribution >= 0.6 is 23.5 Å². The van der Waals surface area contributed by atoms with Crippen molar-refractivity contribution >= 4 is 40.4 Å². The van der Waals surface area contributed by atoms with Gasteiger partial charge in [0.2, 0.25) is 0 Å². The predicted octanol–water partition coefficient (Wildman–Crippen LogP) is -0.672. The van der Waals surface area contributed by atoms with E-state index < -0.39 is 91.9 Å². The molecule has 26 heteroatoms. The first-order valence-electron chi connectivity index (χ1n) is 14.4. The second kappa shape index (κ2) is 16.2. The first-order chi connectivity index (χ1) is 22.6. The Balaban J connectivity index is 1.73. The molecule has 0 aromatic carbocycles. The van der Waals surface area contributed by atoms with Crippen molar-refractivity contribution in [2.75, 3.05) is 38.8 Å². The zero-order valence-corrected chi connectivity index (χ0v) is 28.4. The van der Waals surface area contributed by atoms with E-state index >= 15 is 0 Å². The molecule has 12 atom stereocenters. The number of imidazole rings is 1. The van der Waals surface area contributed by atoms with Crippen LogP contribution in [0.15, 0.2) is 12.7 Å². The number of aliphatic hydroxyl groups is 3. The van der Waals surface area contributed by atoms with Crippen molar-refractivity contribution in [2.24, 2.45) is 0 Å². The minimum Gasteiger partial charge on any atom is -0.394 e. The maximum absolute atomic E-state index is 12.9. The third-order valence-corrected chi connectivity index (χ3v) is 10.1. The minimum absolute atomic E-state index is 0.00977. The quantitative estimate of drug-likeness (QED) is 0.0985. The van der Waals surface area contributed by atoms with E-state index in [1.54, 1.807) is 0 Å². The van der Waals surface area contributed by atoms with Gasteiger partial charge in [0.05, 0.1) is 39.4 Å². The van der Waals surface area contributed by atoms with Gasteiger partial charge >= 0.3 is 23.5 Å². The topological polar surface area (TPSA) is 325 Å². The number of ether oxygens (including phenoxy) is 3. The van der Waals surface area contributed by atoms with Crippen molar-refractivity contribution in [1.82, 2.24) is 19.5 Å². The summed E-state index contributed by atoms with van der Waals surface area (Å²) in [5, 5.41) is 31.8. The number of hydrogen-bond donors (Lipinski definition) is 7. The maximum Gasteiger partial charge on any atom is 0.472 e. The lowest BCUT2D eigenvalue weighted by Crippen LogP contribution is -2.61. The summed E-state index contributed by atoms with van der Waals surface area (Å²) in [7, 11) is -14.8. The molecule has 4 rings (SSSR count). The van der Waals surface area contributed by atoms with Crippen LogP contribution in [0.2, 0.25) is 0 Å². The fourth-order valence-electron chi connectivity index (χ4n) is 5.01. The number of rotatable bonds is 17. The molecule has 4 heterocycles. The molecule has 0 aliphatic carbocycles. The van der Waals surface area contributed by atoms with Crippen molar-refractivity contribution in [3.63, 3.8) is 0 Å². The van der Waals surface area contributed by atoms with Crippen LogP contribution in [0.1, 0.15) is 27.0 Å². The van der Waals surface area contributed by atoms with E-state index in [1.165, 1.54) is 31.7 Å². The Morgan fingerprint density at radius 3 is 1.85 bits per heavy atom. The highest BCUT2D eigenvalue weighted by molar-refractivity contribution is 7.48. The molecule has 2 aromatic rings. The zero-order valence-electron chi connectivity index (χ0n) is 25.7. The van der Waals surface area contributed by atoms with Gasteiger partial charge in [0.1, 0.15) is 54.6 Å². The number of anilines is 1. The standard InChI is InChI=1S/C22H38N5O18P3/c1-4-37-46(31,32)43-16-12(8-29)41-22(14(30)17(16)44-47(33,34)38-5-2)42-15-11(7-28)40-21(18(15)45-48(35,36)39-6-3)27-10-26-13-19(23)24-9-25-20(13)27/h9-12,14-18,21-22,28-30H,4-8H2,1-3H3,(H,31,32)(H,33,34)(H,35,36)(H2,23,24,25)/t11-,12-,14-,15?,16-,17-,18-,21-,22-/m1/s1. The van der Waals surface area contributed by atoms with E-state index in [-0.39, 0.29) is 36.8 Å². The molecule has 8 N–H and O–H groups in total. The summed E-state index contributed by atoms with van der Waals surface area (Å²) in [6.45, 7) is 1.42. The van der Waals surface area contributed by atoms with Gasteiger partial charge in [-0.15, -0.1) is 0 Å². The molecule has 0 radical (unpaired) electrons. The average Bonchev–Trinajstić information content (AvgIpc) is 3.57. The summed E-state index contributed by atoms with van der Waals surface area (Å²) in [6, 6.07) is 0. The minimum atomic E-state index is -5.01. The molecular formula is C22H38N5O18P3. The summed E-state index contributed by atoms with van der Waals surface area (Å²) in [5.41, 5.74) is 6.10. The van der Waals surface area contributed by atoms with Crippen LogP contribution in [0, 0.1) is 0 Å². The molecule has 23 nitrogen and oxygen atoms in total. The summed E-state index contributed by atoms with van der Waals surface area (Å²) in [6.07, 6.45) is -13.7. The van der Waals surface area contributed by atoms with Crippen LogP contribution in [-0.2, 0) is 55.0 Å². The second-order valence-electron chi connectivity index (χ2n) is 10.0. The Hall–Kier alpha value is -1.56. The van der Waals surface area contributed by atoms with Gasteiger partial charge in [0.25, 0.3) is 0 Å². The van der Waals surface area contributed by atoms with Gasteiger partial charge < -0.3 is 49.9 Å². The molecule has 48 heavy (non-hydrogen) atoms. The first-order valence-corrected chi connectivity index (χ1v) is 18.9. The van der Waals surface area contributed by atoms with Crippen LogP contribution in [0.25, 0.3) is 11.2 Å². The number of nitrogen functional groups attached to an aromatic ring is 1. The van der Waals surface area contributed by atoms with Gasteiger partial charge in [-0.3, -0.25) is 31.7 Å². The lowest BCUT2D eigenvalue weighted by Gasteiger charge is -2.44. The fourth-order valence-corrected chi connectivity index (χ4v) is 7.82. The molecule has 2 saturated heterocycles. The number of fused-ring (bicyclic) bond motifs is 1. The van der Waals surface area contributed by atoms with Crippen LogP contribution in [0.3, 0.4) is 0 Å². The van der Waals surface area contributed by atoms with Gasteiger partial charge in [0.15, 0.2) is 24.0 Å². The lowest BCUT2D eigenvalue weighted by atomic mass is 9.99. The Kier molecular flexibility index (Phi) is 13.2. The van der Waals surface area contributed by atoms with Crippen LogP contribution in [-0.4, -0.2) is 132 Å². The van der Waals surface area contributed by atoms with Crippen LogP contribution < -0.4 is 5.73 Å². The predicted molar refractivity (Wildman–Crippen MR) is 156 cm³/mol. The van der Waals surface area contributed by atoms with Crippen LogP contribution in [0.4, 0.5) is 5.82 Å². The Bertz CT molecular complexity index is 1520. The number of phosphoric ester groups is 3. The van der Waals surface area contributed by atoms with Crippen molar-refractivity contribution < 1.29 is 85.0 Å². The van der Waals surface area contributed by atoms with Crippen molar-refractivity contribution in [2.45, 2.75) is 76.0 Å². The molecule has 4 unspecified atom stereocenters. The van der Waals surface area contributed by atoms with E-state index in [0.717, 1.165) is 6.33 Å². The van der Waals surface area contributed by atoms with Gasteiger partial charge in [-0.05, 0) is 20.8 Å². The SMILES string of the molecule is CCOP(=O)(O)O[C@@H]1[C@@H](O)[C@@H](OC2[C@@H](OP(=O)(O)OCC)[C@H](n3cnc4c(N)ncnc43)O[C@@H]2CO)O[C@H](CO)[C@H]1OP(=O)(O)OCC. The highest BCUT2D eigenvalue weighted by atomic mass is 31.2. The smallest absolute Gasteiger partial charge is 0.394 e. The van der Waals surface area contributed by atoms with E-state index in [2.05, 4.69) is 19.5 Å². The average molecular weight is 753 g/mol. The molecule has 0 spiro atoms. The molecule has 0 saturated carbocycles. The molecule has 0 amide bonds. The largest absolute Gasteiger partial charge is 0.472 e. The summed E-state index contributed by atoms with van der Waals surface area (Å²) in [4.78, 5) is 42.9. The monoisotopic (exact) mass is 753 g/mol. The second-order valence-corrected chi connectivity index (χ2v) is 14.2. The number of nitrogens with two attached hydrogens (primary N) is 1. The molecule has 274 valence electrons. The van der Waals surface area contributed by atoms with E-state index in [1.807, 2.05) is 0 Å². The number of aliphatic hydroxyl groups excluding tert-OH is 3. The number of hydrogen-bond acceptors (Lipinski definition) is 19. The zero-order chi connectivity index (χ0) is 35.4. The third-order valence-electron chi connectivity index (χ3n) is 6.85. The Morgan fingerprint density at radius 1 is 0.792 bits per heavy atom. The molecule has 0 bridgehead atoms. The van der Waals surface area contributed by atoms with Gasteiger partial charge in [-0.1, -0.05) is 0 Å². The Morgan fingerprint density at radius 2 is 1.31 bits per heavy atom. The molecule has 2 fully saturated rings. The summed E-state index contributed by atoms with van der Waals surface area (Å²) < 4.78 is 86.8. The van der Waals surface area contributed by atoms with Gasteiger partial charge in [0, 0.05) is 0 Å².